The number of carbonyl (C=O) groups is 3. The quantitative estimate of drug-likeness (QED) is 0.560. The van der Waals surface area contributed by atoms with Crippen molar-refractivity contribution in [3.63, 3.8) is 0 Å². The Kier molecular flexibility index (Phi) is 6.27. The predicted molar refractivity (Wildman–Crippen MR) is 113 cm³/mol. The van der Waals surface area contributed by atoms with Crippen LogP contribution in [0.5, 0.6) is 0 Å². The van der Waals surface area contributed by atoms with E-state index in [9.17, 15) is 14.4 Å². The molecule has 0 unspecified atom stereocenters. The highest BCUT2D eigenvalue weighted by atomic mass is 16.5. The molecule has 0 atom stereocenters. The highest BCUT2D eigenvalue weighted by Gasteiger charge is 2.29. The Bertz CT molecular complexity index is 1080. The number of carbonyl (C=O) groups excluding carboxylic acids is 3. The van der Waals surface area contributed by atoms with Gasteiger partial charge >= 0.3 is 11.9 Å². The summed E-state index contributed by atoms with van der Waals surface area (Å²) in [6, 6.07) is 14.1. The lowest BCUT2D eigenvalue weighted by molar-refractivity contribution is -0.139. The van der Waals surface area contributed by atoms with Crippen LogP contribution in [0.25, 0.3) is 0 Å². The maximum absolute atomic E-state index is 13.2. The molecule has 0 saturated carbocycles. The van der Waals surface area contributed by atoms with E-state index in [-0.39, 0.29) is 17.1 Å². The molecule has 3 rings (SSSR count). The second-order valence-corrected chi connectivity index (χ2v) is 6.53. The van der Waals surface area contributed by atoms with Gasteiger partial charge in [0, 0.05) is 17.3 Å². The summed E-state index contributed by atoms with van der Waals surface area (Å²) in [5.74, 6) is -1.63. The first-order chi connectivity index (χ1) is 14.5. The highest BCUT2D eigenvalue weighted by molar-refractivity contribution is 6.14. The van der Waals surface area contributed by atoms with Crippen molar-refractivity contribution < 1.29 is 23.9 Å². The van der Waals surface area contributed by atoms with Crippen LogP contribution in [0, 0.1) is 6.92 Å². The van der Waals surface area contributed by atoms with E-state index in [1.165, 1.54) is 25.2 Å². The second kappa shape index (κ2) is 9.05. The van der Waals surface area contributed by atoms with E-state index >= 15 is 0 Å². The molecule has 0 N–H and O–H groups in total. The van der Waals surface area contributed by atoms with Gasteiger partial charge in [-0.25, -0.2) is 9.59 Å². The fourth-order valence-electron chi connectivity index (χ4n) is 3.09. The number of ketones is 1. The summed E-state index contributed by atoms with van der Waals surface area (Å²) in [5.41, 5.74) is 2.34. The SMILES string of the molecule is COC(=O)C1=C(C(=O)OC)N(c2ccccc2C(=O)c2ccc(C)cc2)C=CC=C1. The van der Waals surface area contributed by atoms with Gasteiger partial charge in [0.05, 0.1) is 25.5 Å². The molecular weight excluding hydrogens is 382 g/mol. The Morgan fingerprint density at radius 3 is 2.17 bits per heavy atom. The van der Waals surface area contributed by atoms with Crippen LogP contribution in [-0.2, 0) is 19.1 Å². The Balaban J connectivity index is 2.18. The molecule has 0 radical (unpaired) electrons. The van der Waals surface area contributed by atoms with Crippen LogP contribution in [0.15, 0.2) is 84.2 Å². The van der Waals surface area contributed by atoms with E-state index in [1.807, 2.05) is 19.1 Å². The first-order valence-electron chi connectivity index (χ1n) is 9.23. The smallest absolute Gasteiger partial charge is 0.355 e. The van der Waals surface area contributed by atoms with Crippen LogP contribution in [-0.4, -0.2) is 31.9 Å². The zero-order valence-corrected chi connectivity index (χ0v) is 16.9. The summed E-state index contributed by atoms with van der Waals surface area (Å²) in [5, 5.41) is 0. The van der Waals surface area contributed by atoms with Crippen molar-refractivity contribution >= 4 is 23.4 Å². The number of anilines is 1. The lowest BCUT2D eigenvalue weighted by Crippen LogP contribution is -2.28. The second-order valence-electron chi connectivity index (χ2n) is 6.53. The van der Waals surface area contributed by atoms with E-state index in [4.69, 9.17) is 9.47 Å². The van der Waals surface area contributed by atoms with Crippen molar-refractivity contribution in [3.05, 3.63) is 101 Å². The van der Waals surface area contributed by atoms with E-state index in [0.717, 1.165) is 5.56 Å². The molecule has 0 saturated heterocycles. The molecule has 1 heterocycles. The van der Waals surface area contributed by atoms with Crippen LogP contribution in [0.4, 0.5) is 5.69 Å². The maximum atomic E-state index is 13.2. The first-order valence-corrected chi connectivity index (χ1v) is 9.23. The molecule has 0 fully saturated rings. The van der Waals surface area contributed by atoms with Crippen molar-refractivity contribution in [2.24, 2.45) is 0 Å². The van der Waals surface area contributed by atoms with Crippen molar-refractivity contribution in [1.29, 1.82) is 0 Å². The summed E-state index contributed by atoms with van der Waals surface area (Å²) in [4.78, 5) is 39.7. The molecule has 1 aliphatic rings. The summed E-state index contributed by atoms with van der Waals surface area (Å²) in [6.45, 7) is 1.94. The van der Waals surface area contributed by atoms with Crippen LogP contribution in [0.2, 0.25) is 0 Å². The third kappa shape index (κ3) is 4.07. The molecule has 0 aliphatic carbocycles. The number of hydrogen-bond donors (Lipinski definition) is 0. The lowest BCUT2D eigenvalue weighted by atomic mass is 9.99. The third-order valence-corrected chi connectivity index (χ3v) is 4.61. The highest BCUT2D eigenvalue weighted by Crippen LogP contribution is 2.30. The predicted octanol–water partition coefficient (Wildman–Crippen LogP) is 3.72. The van der Waals surface area contributed by atoms with Gasteiger partial charge in [-0.15, -0.1) is 0 Å². The van der Waals surface area contributed by atoms with Gasteiger partial charge < -0.3 is 14.4 Å². The first kappa shape index (κ1) is 20.8. The van der Waals surface area contributed by atoms with Gasteiger partial charge in [-0.3, -0.25) is 4.79 Å². The molecule has 30 heavy (non-hydrogen) atoms. The fourth-order valence-corrected chi connectivity index (χ4v) is 3.09. The normalized spacial score (nSPS) is 13.1. The van der Waals surface area contributed by atoms with Gasteiger partial charge in [0.25, 0.3) is 0 Å². The number of benzene rings is 2. The summed E-state index contributed by atoms with van der Waals surface area (Å²) in [7, 11) is 2.46. The number of ether oxygens (including phenoxy) is 2. The average molecular weight is 403 g/mol. The van der Waals surface area contributed by atoms with Crippen molar-refractivity contribution in [3.8, 4) is 0 Å². The van der Waals surface area contributed by atoms with E-state index in [0.29, 0.717) is 16.8 Å². The van der Waals surface area contributed by atoms with Gasteiger partial charge in [0.2, 0.25) is 0 Å². The molecule has 2 aromatic carbocycles. The molecule has 1 aliphatic heterocycles. The van der Waals surface area contributed by atoms with Crippen LogP contribution < -0.4 is 4.90 Å². The van der Waals surface area contributed by atoms with Gasteiger partial charge in [0.1, 0.15) is 5.70 Å². The van der Waals surface area contributed by atoms with Gasteiger partial charge in [-0.2, -0.15) is 0 Å². The van der Waals surface area contributed by atoms with E-state index in [1.54, 1.807) is 54.8 Å². The fraction of sp³-hybridized carbons (Fsp3) is 0.125. The van der Waals surface area contributed by atoms with Gasteiger partial charge in [-0.1, -0.05) is 48.0 Å². The number of methoxy groups -OCH3 is 2. The molecule has 2 aromatic rings. The largest absolute Gasteiger partial charge is 0.465 e. The lowest BCUT2D eigenvalue weighted by Gasteiger charge is -2.25. The molecule has 0 bridgehead atoms. The number of aryl methyl sites for hydroxylation is 1. The van der Waals surface area contributed by atoms with E-state index < -0.39 is 11.9 Å². The van der Waals surface area contributed by atoms with Crippen molar-refractivity contribution in [2.45, 2.75) is 6.92 Å². The van der Waals surface area contributed by atoms with Gasteiger partial charge in [0.15, 0.2) is 5.78 Å². The number of hydrogen-bond acceptors (Lipinski definition) is 6. The standard InChI is InChI=1S/C24H21NO5/c1-16-11-13-17(14-12-16)22(26)18-8-4-5-10-20(18)25-15-7-6-9-19(23(27)29-2)21(25)24(28)30-3/h4-15H,1-3H3. The summed E-state index contributed by atoms with van der Waals surface area (Å²) < 4.78 is 9.76. The third-order valence-electron chi connectivity index (χ3n) is 4.61. The topological polar surface area (TPSA) is 72.9 Å². The van der Waals surface area contributed by atoms with Crippen LogP contribution in [0.3, 0.4) is 0 Å². The number of nitrogens with zero attached hydrogens (tertiary/aromatic N) is 1. The maximum Gasteiger partial charge on any atom is 0.355 e. The number of allylic oxidation sites excluding steroid dienone is 2. The Labute approximate surface area is 174 Å². The molecule has 152 valence electrons. The molecule has 6 heteroatoms. The zero-order valence-electron chi connectivity index (χ0n) is 16.9. The van der Waals surface area contributed by atoms with Gasteiger partial charge in [-0.05, 0) is 31.2 Å². The number of rotatable bonds is 5. The number of esters is 2. The Hall–Kier alpha value is -3.93. The minimum Gasteiger partial charge on any atom is -0.465 e. The monoisotopic (exact) mass is 403 g/mol. The Morgan fingerprint density at radius 1 is 0.833 bits per heavy atom. The average Bonchev–Trinajstić information content (AvgIpc) is 3.01. The minimum atomic E-state index is -0.732. The molecule has 0 amide bonds. The summed E-state index contributed by atoms with van der Waals surface area (Å²) in [6.07, 6.45) is 6.34. The zero-order chi connectivity index (χ0) is 21.7. The molecule has 0 aromatic heterocycles. The van der Waals surface area contributed by atoms with E-state index in [2.05, 4.69) is 0 Å². The van der Waals surface area contributed by atoms with Crippen LogP contribution in [0.1, 0.15) is 21.5 Å². The molecule has 6 nitrogen and oxygen atoms in total. The summed E-state index contributed by atoms with van der Waals surface area (Å²) >= 11 is 0. The number of para-hydroxylation sites is 1. The van der Waals surface area contributed by atoms with Crippen molar-refractivity contribution in [2.75, 3.05) is 19.1 Å². The Morgan fingerprint density at radius 2 is 1.50 bits per heavy atom. The van der Waals surface area contributed by atoms with Crippen LogP contribution >= 0.6 is 0 Å². The molecule has 0 spiro atoms. The molecular formula is C24H21NO5. The van der Waals surface area contributed by atoms with Crippen molar-refractivity contribution in [1.82, 2.24) is 0 Å². The minimum absolute atomic E-state index is 0.0203.